The van der Waals surface area contributed by atoms with Gasteiger partial charge in [0.15, 0.2) is 0 Å². The van der Waals surface area contributed by atoms with Crippen LogP contribution in [0.25, 0.3) is 5.69 Å². The highest BCUT2D eigenvalue weighted by Crippen LogP contribution is 2.20. The highest BCUT2D eigenvalue weighted by atomic mass is 32.1. The normalized spacial score (nSPS) is 12.1. The standard InChI is InChI=1S/C18H20FN5OS/c1-3-7-15-22-16(23-24(15)14-9-6-5-8-12(14)19)17(25)21-13(4-2)18-20-10-11-26-18/h5-6,8-11,13H,3-4,7H2,1-2H3,(H,21,25). The zero-order chi connectivity index (χ0) is 18.5. The summed E-state index contributed by atoms with van der Waals surface area (Å²) in [6.07, 6.45) is 3.82. The monoisotopic (exact) mass is 373 g/mol. The van der Waals surface area contributed by atoms with Crippen LogP contribution in [0.15, 0.2) is 35.8 Å². The molecule has 26 heavy (non-hydrogen) atoms. The van der Waals surface area contributed by atoms with Gasteiger partial charge in [0, 0.05) is 18.0 Å². The van der Waals surface area contributed by atoms with Gasteiger partial charge in [-0.15, -0.1) is 16.4 Å². The maximum Gasteiger partial charge on any atom is 0.291 e. The van der Waals surface area contributed by atoms with Crippen LogP contribution >= 0.6 is 11.3 Å². The van der Waals surface area contributed by atoms with E-state index in [0.29, 0.717) is 18.7 Å². The molecule has 0 aliphatic rings. The van der Waals surface area contributed by atoms with Gasteiger partial charge in [-0.2, -0.15) is 0 Å². The number of hydrogen-bond acceptors (Lipinski definition) is 5. The van der Waals surface area contributed by atoms with Gasteiger partial charge in [-0.05, 0) is 25.0 Å². The van der Waals surface area contributed by atoms with Crippen LogP contribution < -0.4 is 5.32 Å². The summed E-state index contributed by atoms with van der Waals surface area (Å²) in [6, 6.07) is 6.13. The molecule has 0 spiro atoms. The Balaban J connectivity index is 1.89. The van der Waals surface area contributed by atoms with Crippen molar-refractivity contribution in [3.8, 4) is 5.69 Å². The maximum atomic E-state index is 14.2. The van der Waals surface area contributed by atoms with Gasteiger partial charge < -0.3 is 5.32 Å². The Hall–Kier alpha value is -2.61. The summed E-state index contributed by atoms with van der Waals surface area (Å²) in [5.74, 6) is -0.202. The largest absolute Gasteiger partial charge is 0.340 e. The number of aromatic nitrogens is 4. The summed E-state index contributed by atoms with van der Waals surface area (Å²) in [6.45, 7) is 3.97. The lowest BCUT2D eigenvalue weighted by Gasteiger charge is -2.12. The first-order valence-corrected chi connectivity index (χ1v) is 9.43. The Bertz CT molecular complexity index is 878. The molecule has 1 N–H and O–H groups in total. The van der Waals surface area contributed by atoms with Crippen molar-refractivity contribution < 1.29 is 9.18 Å². The molecule has 1 unspecified atom stereocenters. The van der Waals surface area contributed by atoms with Crippen molar-refractivity contribution in [2.24, 2.45) is 0 Å². The maximum absolute atomic E-state index is 14.2. The van der Waals surface area contributed by atoms with Gasteiger partial charge >= 0.3 is 0 Å². The number of carbonyl (C=O) groups is 1. The Labute approximate surface area is 155 Å². The number of nitrogens with one attached hydrogen (secondary N) is 1. The van der Waals surface area contributed by atoms with E-state index in [9.17, 15) is 9.18 Å². The van der Waals surface area contributed by atoms with Crippen LogP contribution in [0.5, 0.6) is 0 Å². The molecule has 2 heterocycles. The Morgan fingerprint density at radius 1 is 1.35 bits per heavy atom. The average molecular weight is 373 g/mol. The van der Waals surface area contributed by atoms with Crippen molar-refractivity contribution in [1.29, 1.82) is 0 Å². The number of rotatable bonds is 7. The first-order chi connectivity index (χ1) is 12.6. The lowest BCUT2D eigenvalue weighted by Crippen LogP contribution is -2.29. The fourth-order valence-corrected chi connectivity index (χ4v) is 3.38. The Morgan fingerprint density at radius 2 is 2.15 bits per heavy atom. The predicted octanol–water partition coefficient (Wildman–Crippen LogP) is 3.70. The van der Waals surface area contributed by atoms with Crippen LogP contribution in [0.4, 0.5) is 4.39 Å². The second-order valence-corrected chi connectivity index (χ2v) is 6.70. The van der Waals surface area contributed by atoms with E-state index in [2.05, 4.69) is 20.4 Å². The van der Waals surface area contributed by atoms with Crippen molar-refractivity contribution >= 4 is 17.2 Å². The molecule has 0 bridgehead atoms. The van der Waals surface area contributed by atoms with E-state index in [4.69, 9.17) is 0 Å². The number of nitrogens with zero attached hydrogens (tertiary/aromatic N) is 4. The van der Waals surface area contributed by atoms with E-state index in [1.54, 1.807) is 24.4 Å². The zero-order valence-electron chi connectivity index (χ0n) is 14.6. The van der Waals surface area contributed by atoms with Gasteiger partial charge in [0.25, 0.3) is 5.91 Å². The predicted molar refractivity (Wildman–Crippen MR) is 97.9 cm³/mol. The molecule has 8 heteroatoms. The van der Waals surface area contributed by atoms with E-state index >= 15 is 0 Å². The minimum atomic E-state index is -0.407. The molecule has 0 saturated carbocycles. The van der Waals surface area contributed by atoms with Crippen LogP contribution in [-0.4, -0.2) is 25.7 Å². The van der Waals surface area contributed by atoms with Crippen molar-refractivity contribution in [2.45, 2.75) is 39.2 Å². The third kappa shape index (κ3) is 3.80. The molecular weight excluding hydrogens is 353 g/mol. The molecule has 3 aromatic rings. The van der Waals surface area contributed by atoms with Crippen LogP contribution in [0, 0.1) is 5.82 Å². The molecule has 0 radical (unpaired) electrons. The molecule has 1 atom stereocenters. The van der Waals surface area contributed by atoms with Crippen molar-refractivity contribution in [3.05, 3.63) is 58.3 Å². The number of hydrogen-bond donors (Lipinski definition) is 1. The molecule has 6 nitrogen and oxygen atoms in total. The molecule has 0 aliphatic carbocycles. The van der Waals surface area contributed by atoms with Crippen molar-refractivity contribution in [3.63, 3.8) is 0 Å². The number of aryl methyl sites for hydroxylation is 1. The van der Waals surface area contributed by atoms with Crippen LogP contribution in [0.3, 0.4) is 0 Å². The van der Waals surface area contributed by atoms with Gasteiger partial charge in [0.1, 0.15) is 22.3 Å². The topological polar surface area (TPSA) is 72.7 Å². The summed E-state index contributed by atoms with van der Waals surface area (Å²) < 4.78 is 15.6. The summed E-state index contributed by atoms with van der Waals surface area (Å²) in [5.41, 5.74) is 0.287. The molecule has 136 valence electrons. The van der Waals surface area contributed by atoms with E-state index in [-0.39, 0.29) is 23.5 Å². The number of amides is 1. The molecule has 2 aromatic heterocycles. The third-order valence-electron chi connectivity index (χ3n) is 3.89. The van der Waals surface area contributed by atoms with Crippen LogP contribution in [-0.2, 0) is 6.42 Å². The second-order valence-electron chi connectivity index (χ2n) is 5.77. The summed E-state index contributed by atoms with van der Waals surface area (Å²) in [5, 5.41) is 9.88. The molecule has 3 rings (SSSR count). The number of thiazole rings is 1. The van der Waals surface area contributed by atoms with E-state index in [0.717, 1.165) is 11.4 Å². The molecule has 0 saturated heterocycles. The average Bonchev–Trinajstić information content (AvgIpc) is 3.30. The Kier molecular flexibility index (Phi) is 5.72. The van der Waals surface area contributed by atoms with Crippen molar-refractivity contribution in [1.82, 2.24) is 25.1 Å². The molecule has 0 aliphatic heterocycles. The van der Waals surface area contributed by atoms with Crippen LogP contribution in [0.1, 0.15) is 54.2 Å². The summed E-state index contributed by atoms with van der Waals surface area (Å²) in [4.78, 5) is 21.2. The lowest BCUT2D eigenvalue weighted by molar-refractivity contribution is 0.0925. The van der Waals surface area contributed by atoms with Crippen LogP contribution in [0.2, 0.25) is 0 Å². The highest BCUT2D eigenvalue weighted by molar-refractivity contribution is 7.09. The summed E-state index contributed by atoms with van der Waals surface area (Å²) in [7, 11) is 0. The number of para-hydroxylation sites is 1. The van der Waals surface area contributed by atoms with Gasteiger partial charge in [0.2, 0.25) is 5.82 Å². The van der Waals surface area contributed by atoms with Gasteiger partial charge in [0.05, 0.1) is 6.04 Å². The molecule has 1 aromatic carbocycles. The number of benzene rings is 1. The van der Waals surface area contributed by atoms with Gasteiger partial charge in [-0.25, -0.2) is 19.0 Å². The SMILES string of the molecule is CCCc1nc(C(=O)NC(CC)c2nccs2)nn1-c1ccccc1F. The zero-order valence-corrected chi connectivity index (χ0v) is 15.5. The quantitative estimate of drug-likeness (QED) is 0.685. The van der Waals surface area contributed by atoms with Gasteiger partial charge in [-0.1, -0.05) is 26.0 Å². The van der Waals surface area contributed by atoms with E-state index < -0.39 is 5.82 Å². The minimum absolute atomic E-state index is 0.0340. The highest BCUT2D eigenvalue weighted by Gasteiger charge is 2.22. The second kappa shape index (κ2) is 8.18. The van der Waals surface area contributed by atoms with Gasteiger partial charge in [-0.3, -0.25) is 4.79 Å². The first kappa shape index (κ1) is 18.2. The van der Waals surface area contributed by atoms with Crippen molar-refractivity contribution in [2.75, 3.05) is 0 Å². The Morgan fingerprint density at radius 3 is 2.81 bits per heavy atom. The number of halogens is 1. The molecule has 1 amide bonds. The fourth-order valence-electron chi connectivity index (χ4n) is 2.61. The molecular formula is C18H20FN5OS. The van der Waals surface area contributed by atoms with E-state index in [1.165, 1.54) is 22.1 Å². The minimum Gasteiger partial charge on any atom is -0.340 e. The summed E-state index contributed by atoms with van der Waals surface area (Å²) >= 11 is 1.49. The first-order valence-electron chi connectivity index (χ1n) is 8.55. The molecule has 0 fully saturated rings. The third-order valence-corrected chi connectivity index (χ3v) is 4.78. The smallest absolute Gasteiger partial charge is 0.291 e. The lowest BCUT2D eigenvalue weighted by atomic mass is 10.2. The van der Waals surface area contributed by atoms with E-state index in [1.807, 2.05) is 19.2 Å². The fraction of sp³-hybridized carbons (Fsp3) is 0.333. The number of carbonyl (C=O) groups excluding carboxylic acids is 1.